The average Bonchev–Trinajstić information content (AvgIpc) is 2.41. The molecule has 1 aromatic heterocycles. The van der Waals surface area contributed by atoms with Crippen LogP contribution in [-0.2, 0) is 15.8 Å². The Hall–Kier alpha value is -1.91. The van der Waals surface area contributed by atoms with Crippen molar-refractivity contribution < 1.29 is 8.42 Å². The smallest absolute Gasteiger partial charge is 0.237 e. The Labute approximate surface area is 125 Å². The number of sulfonamides is 1. The number of halogens is 1. The molecule has 0 aliphatic heterocycles. The second-order valence-electron chi connectivity index (χ2n) is 3.99. The van der Waals surface area contributed by atoms with Crippen LogP contribution in [0.25, 0.3) is 0 Å². The fraction of sp³-hybridized carbons (Fsp3) is 0.0769. The summed E-state index contributed by atoms with van der Waals surface area (Å²) in [5.41, 5.74) is 1.23. The van der Waals surface area contributed by atoms with Gasteiger partial charge >= 0.3 is 0 Å². The van der Waals surface area contributed by atoms with Crippen molar-refractivity contribution in [2.75, 3.05) is 4.72 Å². The molecule has 2 rings (SSSR count). The fourth-order valence-electron chi connectivity index (χ4n) is 1.62. The van der Waals surface area contributed by atoms with Crippen LogP contribution in [-0.4, -0.2) is 13.4 Å². The van der Waals surface area contributed by atoms with Gasteiger partial charge in [0.15, 0.2) is 0 Å². The second-order valence-corrected chi connectivity index (χ2v) is 6.56. The van der Waals surface area contributed by atoms with E-state index in [4.69, 9.17) is 5.26 Å². The summed E-state index contributed by atoms with van der Waals surface area (Å²) in [6.07, 6.45) is 2.99. The molecule has 0 saturated heterocycles. The molecule has 1 heterocycles. The molecule has 0 fully saturated rings. The molecule has 0 saturated carbocycles. The topological polar surface area (TPSA) is 82.8 Å². The number of hydrogen-bond donors (Lipinski definition) is 1. The number of nitrogens with zero attached hydrogens (tertiary/aromatic N) is 2. The van der Waals surface area contributed by atoms with E-state index < -0.39 is 10.0 Å². The van der Waals surface area contributed by atoms with E-state index in [9.17, 15) is 8.42 Å². The molecule has 0 atom stereocenters. The fourth-order valence-corrected chi connectivity index (χ4v) is 3.35. The molecule has 2 aromatic rings. The van der Waals surface area contributed by atoms with E-state index in [1.807, 2.05) is 6.07 Å². The van der Waals surface area contributed by atoms with Gasteiger partial charge in [0.25, 0.3) is 0 Å². The monoisotopic (exact) mass is 351 g/mol. The third kappa shape index (κ3) is 3.56. The van der Waals surface area contributed by atoms with E-state index in [1.54, 1.807) is 30.3 Å². The number of nitrogens with one attached hydrogen (secondary N) is 1. The molecule has 102 valence electrons. The molecule has 0 radical (unpaired) electrons. The number of pyridine rings is 1. The molecule has 0 bridgehead atoms. The zero-order chi connectivity index (χ0) is 14.6. The summed E-state index contributed by atoms with van der Waals surface area (Å²) in [5, 5.41) is 8.97. The van der Waals surface area contributed by atoms with Crippen LogP contribution in [0.1, 0.15) is 11.1 Å². The van der Waals surface area contributed by atoms with Crippen LogP contribution in [0.2, 0.25) is 0 Å². The molecular weight excluding hydrogens is 342 g/mol. The molecule has 0 spiro atoms. The summed E-state index contributed by atoms with van der Waals surface area (Å²) in [6, 6.07) is 10.1. The van der Waals surface area contributed by atoms with Crippen molar-refractivity contribution in [2.45, 2.75) is 5.75 Å². The Kier molecular flexibility index (Phi) is 4.37. The van der Waals surface area contributed by atoms with Crippen molar-refractivity contribution in [1.82, 2.24) is 4.98 Å². The zero-order valence-corrected chi connectivity index (χ0v) is 12.6. The molecule has 1 N–H and O–H groups in total. The lowest BCUT2D eigenvalue weighted by Gasteiger charge is -2.10. The highest BCUT2D eigenvalue weighted by molar-refractivity contribution is 9.10. The minimum Gasteiger partial charge on any atom is -0.282 e. The first-order valence-electron chi connectivity index (χ1n) is 5.60. The lowest BCUT2D eigenvalue weighted by atomic mass is 10.1. The molecule has 0 aliphatic rings. The van der Waals surface area contributed by atoms with Crippen LogP contribution in [0.3, 0.4) is 0 Å². The predicted molar refractivity (Wildman–Crippen MR) is 79.3 cm³/mol. The van der Waals surface area contributed by atoms with Crippen molar-refractivity contribution in [2.24, 2.45) is 0 Å². The standard InChI is InChI=1S/C13H10BrN3O2S/c14-12-8-16-6-5-13(12)17-20(18,19)9-11-4-2-1-3-10(11)7-15/h1-6,8H,9H2,(H,16,17). The largest absolute Gasteiger partial charge is 0.282 e. The van der Waals surface area contributed by atoms with Gasteiger partial charge < -0.3 is 0 Å². The van der Waals surface area contributed by atoms with Crippen molar-refractivity contribution in [3.05, 3.63) is 58.3 Å². The predicted octanol–water partition coefficient (Wildman–Crippen LogP) is 2.66. The van der Waals surface area contributed by atoms with Gasteiger partial charge in [0.1, 0.15) is 0 Å². The lowest BCUT2D eigenvalue weighted by molar-refractivity contribution is 0.600. The van der Waals surface area contributed by atoms with Crippen LogP contribution in [0.5, 0.6) is 0 Å². The van der Waals surface area contributed by atoms with Crippen molar-refractivity contribution in [1.29, 1.82) is 5.26 Å². The van der Waals surface area contributed by atoms with Crippen molar-refractivity contribution >= 4 is 31.6 Å². The summed E-state index contributed by atoms with van der Waals surface area (Å²) < 4.78 is 27.3. The van der Waals surface area contributed by atoms with Gasteiger partial charge in [-0.2, -0.15) is 5.26 Å². The number of benzene rings is 1. The van der Waals surface area contributed by atoms with E-state index in [2.05, 4.69) is 25.6 Å². The maximum absolute atomic E-state index is 12.1. The summed E-state index contributed by atoms with van der Waals surface area (Å²) >= 11 is 3.22. The van der Waals surface area contributed by atoms with Crippen LogP contribution in [0, 0.1) is 11.3 Å². The van der Waals surface area contributed by atoms with Gasteiger partial charge in [-0.1, -0.05) is 18.2 Å². The Bertz CT molecular complexity index is 769. The van der Waals surface area contributed by atoms with Gasteiger partial charge in [0.2, 0.25) is 10.0 Å². The third-order valence-corrected chi connectivity index (χ3v) is 4.38. The lowest BCUT2D eigenvalue weighted by Crippen LogP contribution is -2.16. The van der Waals surface area contributed by atoms with Gasteiger partial charge in [0, 0.05) is 12.4 Å². The van der Waals surface area contributed by atoms with Gasteiger partial charge in [-0.25, -0.2) is 8.42 Å². The minimum atomic E-state index is -3.60. The number of hydrogen-bond acceptors (Lipinski definition) is 4. The number of nitriles is 1. The van der Waals surface area contributed by atoms with Gasteiger partial charge in [-0.05, 0) is 33.6 Å². The Morgan fingerprint density at radius 2 is 2.05 bits per heavy atom. The van der Waals surface area contributed by atoms with Crippen molar-refractivity contribution in [3.8, 4) is 6.07 Å². The number of anilines is 1. The Balaban J connectivity index is 2.25. The summed E-state index contributed by atoms with van der Waals surface area (Å²) in [5.74, 6) is -0.258. The molecule has 0 aliphatic carbocycles. The van der Waals surface area contributed by atoms with Crippen LogP contribution >= 0.6 is 15.9 Å². The number of rotatable bonds is 4. The Morgan fingerprint density at radius 1 is 1.30 bits per heavy atom. The molecule has 5 nitrogen and oxygen atoms in total. The average molecular weight is 352 g/mol. The molecule has 0 unspecified atom stereocenters. The van der Waals surface area contributed by atoms with Crippen molar-refractivity contribution in [3.63, 3.8) is 0 Å². The quantitative estimate of drug-likeness (QED) is 0.917. The highest BCUT2D eigenvalue weighted by Crippen LogP contribution is 2.22. The van der Waals surface area contributed by atoms with E-state index in [0.29, 0.717) is 21.3 Å². The number of aromatic nitrogens is 1. The van der Waals surface area contributed by atoms with Crippen LogP contribution < -0.4 is 4.72 Å². The highest BCUT2D eigenvalue weighted by Gasteiger charge is 2.15. The first-order valence-corrected chi connectivity index (χ1v) is 8.04. The van der Waals surface area contributed by atoms with E-state index >= 15 is 0 Å². The molecule has 1 aromatic carbocycles. The highest BCUT2D eigenvalue weighted by atomic mass is 79.9. The van der Waals surface area contributed by atoms with Gasteiger partial charge in [0.05, 0.1) is 27.5 Å². The molecule has 7 heteroatoms. The molecule has 20 heavy (non-hydrogen) atoms. The van der Waals surface area contributed by atoms with Gasteiger partial charge in [-0.3, -0.25) is 9.71 Å². The second kappa shape index (κ2) is 6.03. The first kappa shape index (κ1) is 14.5. The first-order chi connectivity index (χ1) is 9.52. The maximum Gasteiger partial charge on any atom is 0.237 e. The summed E-state index contributed by atoms with van der Waals surface area (Å²) in [4.78, 5) is 3.86. The third-order valence-electron chi connectivity index (χ3n) is 2.52. The SMILES string of the molecule is N#Cc1ccccc1CS(=O)(=O)Nc1ccncc1Br. The van der Waals surface area contributed by atoms with E-state index in [-0.39, 0.29) is 5.75 Å². The van der Waals surface area contributed by atoms with E-state index in [0.717, 1.165) is 0 Å². The molecular formula is C13H10BrN3O2S. The summed E-state index contributed by atoms with van der Waals surface area (Å²) in [7, 11) is -3.60. The van der Waals surface area contributed by atoms with Gasteiger partial charge in [-0.15, -0.1) is 0 Å². The zero-order valence-electron chi connectivity index (χ0n) is 10.2. The van der Waals surface area contributed by atoms with Crippen LogP contribution in [0.4, 0.5) is 5.69 Å². The minimum absolute atomic E-state index is 0.258. The summed E-state index contributed by atoms with van der Waals surface area (Å²) in [6.45, 7) is 0. The van der Waals surface area contributed by atoms with E-state index in [1.165, 1.54) is 12.4 Å². The van der Waals surface area contributed by atoms with Crippen LogP contribution in [0.15, 0.2) is 47.2 Å². The molecule has 0 amide bonds. The Morgan fingerprint density at radius 3 is 2.75 bits per heavy atom. The normalized spacial score (nSPS) is 10.8. The maximum atomic E-state index is 12.1.